The van der Waals surface area contributed by atoms with Gasteiger partial charge in [0.2, 0.25) is 0 Å². The fraction of sp³-hybridized carbons (Fsp3) is 0.182. The molecule has 0 aliphatic carbocycles. The summed E-state index contributed by atoms with van der Waals surface area (Å²) in [5.41, 5.74) is 7.26. The van der Waals surface area contributed by atoms with Crippen molar-refractivity contribution in [1.82, 2.24) is 14.9 Å². The molecule has 0 atom stereocenters. The first-order valence-electron chi connectivity index (χ1n) is 9.38. The van der Waals surface area contributed by atoms with Gasteiger partial charge in [0, 0.05) is 42.0 Å². The van der Waals surface area contributed by atoms with Crippen molar-refractivity contribution in [3.63, 3.8) is 0 Å². The highest BCUT2D eigenvalue weighted by molar-refractivity contribution is 6.20. The number of amides is 1. The van der Waals surface area contributed by atoms with E-state index in [1.807, 2.05) is 0 Å². The molecule has 0 saturated heterocycles. The summed E-state index contributed by atoms with van der Waals surface area (Å²) in [7, 11) is 0. The molecule has 0 unspecified atom stereocenters. The summed E-state index contributed by atoms with van der Waals surface area (Å²) < 4.78 is 15.4. The molecule has 0 aliphatic rings. The number of hydrogen-bond donors (Lipinski definition) is 3. The lowest BCUT2D eigenvalue weighted by Crippen LogP contribution is -2.23. The van der Waals surface area contributed by atoms with Gasteiger partial charge in [-0.05, 0) is 55.1 Å². The summed E-state index contributed by atoms with van der Waals surface area (Å²) in [6.07, 6.45) is 4.36. The van der Waals surface area contributed by atoms with Crippen LogP contribution in [0.5, 0.6) is 0 Å². The first-order chi connectivity index (χ1) is 14.3. The summed E-state index contributed by atoms with van der Waals surface area (Å²) in [5.74, 6) is -0.914. The number of pyridine rings is 2. The van der Waals surface area contributed by atoms with Crippen LogP contribution in [0.4, 0.5) is 4.39 Å². The number of halogens is 1. The fourth-order valence-electron chi connectivity index (χ4n) is 3.19. The standard InChI is InChI=1S/C22H22FN5O2/c1-3-26-21(29)16-6-14(7-17(23)8-16)12-28-5-4-15-9-20(18(10-24)13(2)25)27-11-19(15)22(28)30/h4-11,25H,3,12,24H2,1-2H3,(H,26,29)/b18-10+,25-13?. The smallest absolute Gasteiger partial charge is 0.260 e. The van der Waals surface area contributed by atoms with Gasteiger partial charge in [0.05, 0.1) is 17.6 Å². The number of carbonyl (C=O) groups excluding carboxylic acids is 1. The van der Waals surface area contributed by atoms with Crippen molar-refractivity contribution in [1.29, 1.82) is 5.41 Å². The maximum absolute atomic E-state index is 14.0. The Morgan fingerprint density at radius 1 is 1.33 bits per heavy atom. The van der Waals surface area contributed by atoms with Crippen LogP contribution < -0.4 is 16.6 Å². The van der Waals surface area contributed by atoms with E-state index < -0.39 is 5.82 Å². The van der Waals surface area contributed by atoms with Gasteiger partial charge in [-0.1, -0.05) is 0 Å². The van der Waals surface area contributed by atoms with E-state index in [1.54, 1.807) is 38.2 Å². The van der Waals surface area contributed by atoms with Crippen LogP contribution in [0.3, 0.4) is 0 Å². The first-order valence-corrected chi connectivity index (χ1v) is 9.38. The van der Waals surface area contributed by atoms with Gasteiger partial charge in [-0.25, -0.2) is 4.39 Å². The third-order valence-corrected chi connectivity index (χ3v) is 4.62. The Labute approximate surface area is 172 Å². The lowest BCUT2D eigenvalue weighted by atomic mass is 10.1. The van der Waals surface area contributed by atoms with Gasteiger partial charge in [-0.3, -0.25) is 14.6 Å². The van der Waals surface area contributed by atoms with E-state index in [4.69, 9.17) is 11.1 Å². The minimum atomic E-state index is -0.544. The first kappa shape index (κ1) is 20.9. The van der Waals surface area contributed by atoms with E-state index >= 15 is 0 Å². The number of nitrogens with two attached hydrogens (primary N) is 1. The lowest BCUT2D eigenvalue weighted by Gasteiger charge is -2.11. The van der Waals surface area contributed by atoms with Crippen molar-refractivity contribution in [2.75, 3.05) is 6.54 Å². The fourth-order valence-corrected chi connectivity index (χ4v) is 3.19. The van der Waals surface area contributed by atoms with Gasteiger partial charge in [0.25, 0.3) is 11.5 Å². The molecule has 0 fully saturated rings. The number of hydrogen-bond acceptors (Lipinski definition) is 5. The van der Waals surface area contributed by atoms with Gasteiger partial charge < -0.3 is 21.0 Å². The number of allylic oxidation sites excluding steroid dienone is 1. The van der Waals surface area contributed by atoms with E-state index in [0.717, 1.165) is 6.07 Å². The second-order valence-electron chi connectivity index (χ2n) is 6.82. The summed E-state index contributed by atoms with van der Waals surface area (Å²) >= 11 is 0. The molecular formula is C22H22FN5O2. The van der Waals surface area contributed by atoms with Crippen LogP contribution in [-0.4, -0.2) is 27.7 Å². The zero-order valence-electron chi connectivity index (χ0n) is 16.7. The number of nitrogens with zero attached hydrogens (tertiary/aromatic N) is 2. The Morgan fingerprint density at radius 2 is 2.10 bits per heavy atom. The van der Waals surface area contributed by atoms with Gasteiger partial charge in [-0.15, -0.1) is 0 Å². The zero-order chi connectivity index (χ0) is 21.8. The van der Waals surface area contributed by atoms with Crippen molar-refractivity contribution in [3.8, 4) is 0 Å². The maximum atomic E-state index is 14.0. The average Bonchev–Trinajstić information content (AvgIpc) is 2.70. The van der Waals surface area contributed by atoms with E-state index in [2.05, 4.69) is 10.3 Å². The van der Waals surface area contributed by atoms with Gasteiger partial charge in [0.15, 0.2) is 0 Å². The highest BCUT2D eigenvalue weighted by atomic mass is 19.1. The summed E-state index contributed by atoms with van der Waals surface area (Å²) in [4.78, 5) is 29.2. The van der Waals surface area contributed by atoms with Crippen LogP contribution in [0.1, 0.15) is 35.5 Å². The van der Waals surface area contributed by atoms with Crippen molar-refractivity contribution in [2.45, 2.75) is 20.4 Å². The molecule has 1 aromatic carbocycles. The zero-order valence-corrected chi connectivity index (χ0v) is 16.7. The van der Waals surface area contributed by atoms with Crippen LogP contribution in [0.2, 0.25) is 0 Å². The van der Waals surface area contributed by atoms with Crippen LogP contribution in [-0.2, 0) is 6.54 Å². The molecule has 0 saturated carbocycles. The molecule has 2 aromatic heterocycles. The molecule has 8 heteroatoms. The van der Waals surface area contributed by atoms with Gasteiger partial charge in [-0.2, -0.15) is 0 Å². The minimum Gasteiger partial charge on any atom is -0.404 e. The summed E-state index contributed by atoms with van der Waals surface area (Å²) in [6, 6.07) is 7.48. The topological polar surface area (TPSA) is 114 Å². The van der Waals surface area contributed by atoms with Crippen LogP contribution in [0.15, 0.2) is 53.7 Å². The molecule has 154 valence electrons. The summed E-state index contributed by atoms with van der Waals surface area (Å²) in [6.45, 7) is 3.93. The van der Waals surface area contributed by atoms with Crippen LogP contribution in [0, 0.1) is 11.2 Å². The molecule has 0 radical (unpaired) electrons. The molecule has 3 aromatic rings. The summed E-state index contributed by atoms with van der Waals surface area (Å²) in [5, 5.41) is 11.5. The molecule has 30 heavy (non-hydrogen) atoms. The highest BCUT2D eigenvalue weighted by Gasteiger charge is 2.12. The monoisotopic (exact) mass is 407 g/mol. The third kappa shape index (κ3) is 4.27. The molecule has 4 N–H and O–H groups in total. The second-order valence-corrected chi connectivity index (χ2v) is 6.82. The van der Waals surface area contributed by atoms with E-state index in [0.29, 0.717) is 34.1 Å². The maximum Gasteiger partial charge on any atom is 0.260 e. The Bertz CT molecular complexity index is 1230. The Kier molecular flexibility index (Phi) is 6.06. The predicted molar refractivity (Wildman–Crippen MR) is 115 cm³/mol. The van der Waals surface area contributed by atoms with E-state index in [1.165, 1.54) is 23.0 Å². The molecule has 0 aliphatic heterocycles. The van der Waals surface area contributed by atoms with Gasteiger partial charge in [0.1, 0.15) is 5.82 Å². The molecule has 0 spiro atoms. The second kappa shape index (κ2) is 8.69. The Hall–Kier alpha value is -3.81. The average molecular weight is 407 g/mol. The number of fused-ring (bicyclic) bond motifs is 1. The van der Waals surface area contributed by atoms with Crippen molar-refractivity contribution >= 4 is 28.0 Å². The number of benzene rings is 1. The minimum absolute atomic E-state index is 0.105. The lowest BCUT2D eigenvalue weighted by molar-refractivity contribution is 0.0955. The van der Waals surface area contributed by atoms with Crippen LogP contribution >= 0.6 is 0 Å². The Morgan fingerprint density at radius 3 is 2.77 bits per heavy atom. The largest absolute Gasteiger partial charge is 0.404 e. The molecule has 0 bridgehead atoms. The Balaban J connectivity index is 1.98. The highest BCUT2D eigenvalue weighted by Crippen LogP contribution is 2.18. The number of rotatable bonds is 6. The number of aromatic nitrogens is 2. The molecular weight excluding hydrogens is 385 g/mol. The van der Waals surface area contributed by atoms with E-state index in [-0.39, 0.29) is 29.3 Å². The molecule has 1 amide bonds. The quantitative estimate of drug-likeness (QED) is 0.545. The number of nitrogens with one attached hydrogen (secondary N) is 2. The van der Waals surface area contributed by atoms with Gasteiger partial charge >= 0.3 is 0 Å². The van der Waals surface area contributed by atoms with Crippen molar-refractivity contribution in [2.24, 2.45) is 5.73 Å². The third-order valence-electron chi connectivity index (χ3n) is 4.62. The number of carbonyl (C=O) groups is 1. The van der Waals surface area contributed by atoms with E-state index in [9.17, 15) is 14.0 Å². The normalized spacial score (nSPS) is 11.5. The van der Waals surface area contributed by atoms with Crippen molar-refractivity contribution < 1.29 is 9.18 Å². The molecule has 2 heterocycles. The predicted octanol–water partition coefficient (Wildman–Crippen LogP) is 2.67. The molecule has 7 nitrogen and oxygen atoms in total. The van der Waals surface area contributed by atoms with Crippen LogP contribution in [0.25, 0.3) is 16.3 Å². The SMILES string of the molecule is CCNC(=O)c1cc(F)cc(Cn2ccc3cc(/C(=C/N)C(C)=N)ncc3c2=O)c1. The van der Waals surface area contributed by atoms with Crippen molar-refractivity contribution in [3.05, 3.63) is 81.9 Å². The molecule has 3 rings (SSSR count).